The minimum absolute atomic E-state index is 0.0551. The van der Waals surface area contributed by atoms with Crippen LogP contribution in [0.2, 0.25) is 5.02 Å². The number of hydrogen-bond donors (Lipinski definition) is 2. The lowest BCUT2D eigenvalue weighted by Gasteiger charge is -2.26. The number of pyridine rings is 1. The number of guanidine groups is 1. The summed E-state index contributed by atoms with van der Waals surface area (Å²) < 4.78 is 0. The molecule has 1 aromatic carbocycles. The first-order valence-corrected chi connectivity index (χ1v) is 7.78. The van der Waals surface area contributed by atoms with Crippen molar-refractivity contribution in [2.75, 3.05) is 0 Å². The molecule has 1 aliphatic rings. The minimum atomic E-state index is -0.0551. The van der Waals surface area contributed by atoms with E-state index in [0.29, 0.717) is 0 Å². The molecule has 0 aliphatic heterocycles. The summed E-state index contributed by atoms with van der Waals surface area (Å²) in [5.74, 6) is 0.152. The third-order valence-electron chi connectivity index (χ3n) is 4.04. The zero-order valence-corrected chi connectivity index (χ0v) is 13.6. The summed E-state index contributed by atoms with van der Waals surface area (Å²) in [6.07, 6.45) is 3.36. The molecule has 6 heteroatoms. The van der Waals surface area contributed by atoms with Gasteiger partial charge in [-0.15, -0.1) is 5.10 Å². The van der Waals surface area contributed by atoms with E-state index in [-0.39, 0.29) is 11.9 Å². The van der Waals surface area contributed by atoms with E-state index in [1.54, 1.807) is 0 Å². The molecule has 1 heterocycles. The zero-order chi connectivity index (χ0) is 16.4. The summed E-state index contributed by atoms with van der Waals surface area (Å²) in [5, 5.41) is 8.86. The number of nitrogens with two attached hydrogens (primary N) is 2. The highest BCUT2D eigenvalue weighted by atomic mass is 35.5. The molecule has 5 nitrogen and oxygen atoms in total. The van der Waals surface area contributed by atoms with Crippen molar-refractivity contribution in [3.8, 4) is 0 Å². The Bertz CT molecular complexity index is 793. The van der Waals surface area contributed by atoms with Gasteiger partial charge in [0.15, 0.2) is 0 Å². The highest BCUT2D eigenvalue weighted by molar-refractivity contribution is 6.31. The molecule has 0 amide bonds. The Hall–Kier alpha value is -2.40. The van der Waals surface area contributed by atoms with E-state index in [1.165, 1.54) is 0 Å². The number of halogens is 1. The van der Waals surface area contributed by atoms with Crippen LogP contribution in [0.25, 0.3) is 0 Å². The third-order valence-corrected chi connectivity index (χ3v) is 4.38. The lowest BCUT2D eigenvalue weighted by atomic mass is 9.80. The fourth-order valence-electron chi connectivity index (χ4n) is 3.04. The van der Waals surface area contributed by atoms with Gasteiger partial charge < -0.3 is 11.5 Å². The van der Waals surface area contributed by atoms with Crippen molar-refractivity contribution < 1.29 is 0 Å². The first-order chi connectivity index (χ1) is 11.1. The molecule has 2 aromatic rings. The molecule has 0 saturated heterocycles. The van der Waals surface area contributed by atoms with Crippen LogP contribution in [-0.2, 0) is 6.42 Å². The van der Waals surface area contributed by atoms with Crippen molar-refractivity contribution in [2.45, 2.75) is 25.7 Å². The Kier molecular flexibility index (Phi) is 4.30. The van der Waals surface area contributed by atoms with Crippen LogP contribution < -0.4 is 11.5 Å². The summed E-state index contributed by atoms with van der Waals surface area (Å²) in [4.78, 5) is 4.53. The number of fused-ring (bicyclic) bond motifs is 1. The van der Waals surface area contributed by atoms with Crippen LogP contribution in [0.3, 0.4) is 0 Å². The molecule has 0 radical (unpaired) electrons. The molecular weight excluding hydrogens is 310 g/mol. The van der Waals surface area contributed by atoms with Gasteiger partial charge in [0.25, 0.3) is 0 Å². The first-order valence-electron chi connectivity index (χ1n) is 7.41. The predicted molar refractivity (Wildman–Crippen MR) is 93.8 cm³/mol. The summed E-state index contributed by atoms with van der Waals surface area (Å²) in [6.45, 7) is 2.04. The summed E-state index contributed by atoms with van der Waals surface area (Å²) in [5.41, 5.74) is 16.0. The van der Waals surface area contributed by atoms with Crippen molar-refractivity contribution in [1.29, 1.82) is 0 Å². The average molecular weight is 328 g/mol. The molecule has 0 saturated carbocycles. The van der Waals surface area contributed by atoms with Crippen molar-refractivity contribution >= 4 is 23.3 Å². The lowest BCUT2D eigenvalue weighted by molar-refractivity contribution is 0.677. The number of rotatable bonds is 2. The van der Waals surface area contributed by atoms with Gasteiger partial charge in [-0.25, -0.2) is 0 Å². The lowest BCUT2D eigenvalue weighted by Crippen LogP contribution is -2.24. The highest BCUT2D eigenvalue weighted by Crippen LogP contribution is 2.36. The number of hydrogen-bond acceptors (Lipinski definition) is 3. The minimum Gasteiger partial charge on any atom is -0.369 e. The van der Waals surface area contributed by atoms with Gasteiger partial charge in [0.1, 0.15) is 0 Å². The van der Waals surface area contributed by atoms with E-state index in [0.717, 1.165) is 46.0 Å². The Labute approximate surface area is 140 Å². The molecule has 3 rings (SSSR count). The molecule has 0 fully saturated rings. The van der Waals surface area contributed by atoms with Crippen LogP contribution >= 0.6 is 11.6 Å². The molecule has 118 valence electrons. The van der Waals surface area contributed by atoms with Crippen LogP contribution in [0.15, 0.2) is 46.7 Å². The monoisotopic (exact) mass is 327 g/mol. The van der Waals surface area contributed by atoms with E-state index >= 15 is 0 Å². The zero-order valence-electron chi connectivity index (χ0n) is 12.8. The Morgan fingerprint density at radius 3 is 2.74 bits per heavy atom. The van der Waals surface area contributed by atoms with Gasteiger partial charge in [-0.2, -0.15) is 5.10 Å². The maximum Gasteiger partial charge on any atom is 0.211 e. The van der Waals surface area contributed by atoms with Gasteiger partial charge in [-0.1, -0.05) is 29.8 Å². The van der Waals surface area contributed by atoms with Gasteiger partial charge in [-0.05, 0) is 48.9 Å². The van der Waals surface area contributed by atoms with E-state index in [9.17, 15) is 0 Å². The topological polar surface area (TPSA) is 89.6 Å². The Morgan fingerprint density at radius 1 is 1.22 bits per heavy atom. The van der Waals surface area contributed by atoms with E-state index in [1.807, 2.05) is 43.5 Å². The molecule has 4 N–H and O–H groups in total. The van der Waals surface area contributed by atoms with Crippen LogP contribution in [0.4, 0.5) is 0 Å². The summed E-state index contributed by atoms with van der Waals surface area (Å²) in [7, 11) is 0. The number of aromatic nitrogens is 1. The molecule has 0 spiro atoms. The second kappa shape index (κ2) is 6.38. The van der Waals surface area contributed by atoms with E-state index < -0.39 is 0 Å². The fraction of sp³-hybridized carbons (Fsp3) is 0.235. The van der Waals surface area contributed by atoms with Crippen molar-refractivity contribution in [3.63, 3.8) is 0 Å². The first kappa shape index (κ1) is 15.5. The summed E-state index contributed by atoms with van der Waals surface area (Å²) in [6, 6.07) is 9.85. The standard InChI is InChI=1S/C17H18ClN5/c1-10-6-7-21-14-8-11(12-4-2-3-5-13(12)18)9-15(16(10)14)22-23-17(19)20/h2-7,11H,8-9H2,1H3,(H4,19,20,23)/b22-15-. The molecule has 1 atom stereocenters. The van der Waals surface area contributed by atoms with Crippen molar-refractivity contribution in [3.05, 3.63) is 63.9 Å². The van der Waals surface area contributed by atoms with Crippen LogP contribution in [-0.4, -0.2) is 16.7 Å². The molecule has 1 unspecified atom stereocenters. The smallest absolute Gasteiger partial charge is 0.211 e. The second-order valence-electron chi connectivity index (χ2n) is 5.65. The maximum atomic E-state index is 6.36. The van der Waals surface area contributed by atoms with Crippen LogP contribution in [0.1, 0.15) is 34.7 Å². The van der Waals surface area contributed by atoms with Gasteiger partial charge in [0.05, 0.1) is 11.4 Å². The van der Waals surface area contributed by atoms with Gasteiger partial charge in [-0.3, -0.25) is 4.98 Å². The molecule has 0 bridgehead atoms. The highest BCUT2D eigenvalue weighted by Gasteiger charge is 2.28. The van der Waals surface area contributed by atoms with Crippen LogP contribution in [0.5, 0.6) is 0 Å². The Balaban J connectivity index is 2.08. The van der Waals surface area contributed by atoms with Gasteiger partial charge in [0, 0.05) is 16.8 Å². The second-order valence-corrected chi connectivity index (χ2v) is 6.05. The third kappa shape index (κ3) is 3.19. The number of aryl methyl sites for hydroxylation is 1. The fourth-order valence-corrected chi connectivity index (χ4v) is 3.33. The molecule has 1 aliphatic carbocycles. The molecule has 1 aromatic heterocycles. The number of nitrogens with zero attached hydrogens (tertiary/aromatic N) is 3. The average Bonchev–Trinajstić information content (AvgIpc) is 2.53. The normalized spacial score (nSPS) is 18.5. The SMILES string of the molecule is Cc1ccnc2c1/C(=N\N=C(N)N)CC(c1ccccc1Cl)C2. The van der Waals surface area contributed by atoms with Gasteiger partial charge >= 0.3 is 0 Å². The van der Waals surface area contributed by atoms with Gasteiger partial charge in [0.2, 0.25) is 5.96 Å². The van der Waals surface area contributed by atoms with Crippen LogP contribution in [0, 0.1) is 6.92 Å². The number of benzene rings is 1. The van der Waals surface area contributed by atoms with Crippen molar-refractivity contribution in [1.82, 2.24) is 4.98 Å². The molecule has 23 heavy (non-hydrogen) atoms. The summed E-state index contributed by atoms with van der Waals surface area (Å²) >= 11 is 6.36. The molecular formula is C17H18ClN5. The van der Waals surface area contributed by atoms with E-state index in [4.69, 9.17) is 23.1 Å². The van der Waals surface area contributed by atoms with Crippen molar-refractivity contribution in [2.24, 2.45) is 21.7 Å². The van der Waals surface area contributed by atoms with E-state index in [2.05, 4.69) is 15.2 Å². The maximum absolute atomic E-state index is 6.36. The quantitative estimate of drug-likeness (QED) is 0.505. The largest absolute Gasteiger partial charge is 0.369 e. The predicted octanol–water partition coefficient (Wildman–Crippen LogP) is 2.75. The Morgan fingerprint density at radius 2 is 2.00 bits per heavy atom.